The second-order valence-electron chi connectivity index (χ2n) is 13.7. The molecule has 0 spiro atoms. The maximum Gasteiger partial charge on any atom is 0.410 e. The Morgan fingerprint density at radius 3 is 2.15 bits per heavy atom. The number of benzene rings is 3. The van der Waals surface area contributed by atoms with Gasteiger partial charge in [-0.2, -0.15) is 5.26 Å². The van der Waals surface area contributed by atoms with Crippen LogP contribution >= 0.6 is 0 Å². The van der Waals surface area contributed by atoms with Crippen LogP contribution in [0.15, 0.2) is 72.8 Å². The molecule has 5 rings (SSSR count). The quantitative estimate of drug-likeness (QED) is 0.203. The molecular weight excluding hydrogens is 574 g/mol. The fourth-order valence-corrected chi connectivity index (χ4v) is 6.41. The predicted molar refractivity (Wildman–Crippen MR) is 181 cm³/mol. The van der Waals surface area contributed by atoms with E-state index in [9.17, 15) is 9.59 Å². The van der Waals surface area contributed by atoms with Crippen LogP contribution in [0, 0.1) is 17.2 Å². The van der Waals surface area contributed by atoms with Gasteiger partial charge in [-0.05, 0) is 132 Å². The van der Waals surface area contributed by atoms with E-state index >= 15 is 0 Å². The number of hydrogen-bond donors (Lipinski definition) is 0. The summed E-state index contributed by atoms with van der Waals surface area (Å²) in [6, 6.07) is 26.4. The number of esters is 1. The Labute approximate surface area is 274 Å². The molecule has 2 unspecified atom stereocenters. The highest BCUT2D eigenvalue weighted by Gasteiger charge is 2.46. The summed E-state index contributed by atoms with van der Waals surface area (Å²) in [6.07, 6.45) is 4.95. The number of amides is 1. The third-order valence-corrected chi connectivity index (χ3v) is 9.04. The molecule has 2 aliphatic rings. The molecule has 1 amide bonds. The standard InChI is InChI=1S/C39H47N3O4/c1-5-45-37(43)34-14-8-28(9-15-34)7-6-22-41-23-20-30(21-24-41)27-42(38(44)46-39(2,3)4)36-25-35(36)33-18-16-32(17-19-33)31-12-10-29(26-40)11-13-31/h8-19,30,35-36H,5-7,20-25,27H2,1-4H3. The molecule has 1 aliphatic heterocycles. The summed E-state index contributed by atoms with van der Waals surface area (Å²) in [7, 11) is 0. The summed E-state index contributed by atoms with van der Waals surface area (Å²) in [5.74, 6) is 0.502. The van der Waals surface area contributed by atoms with Crippen molar-refractivity contribution in [3.8, 4) is 17.2 Å². The molecule has 0 bridgehead atoms. The number of likely N-dealkylation sites (tertiary alicyclic amines) is 1. The number of hydrogen-bond acceptors (Lipinski definition) is 6. The first-order valence-corrected chi connectivity index (χ1v) is 16.7. The average molecular weight is 622 g/mol. The lowest BCUT2D eigenvalue weighted by Gasteiger charge is -2.36. The maximum absolute atomic E-state index is 13.5. The molecule has 7 heteroatoms. The lowest BCUT2D eigenvalue weighted by molar-refractivity contribution is 0.0171. The minimum absolute atomic E-state index is 0.156. The molecule has 3 aromatic carbocycles. The van der Waals surface area contributed by atoms with Gasteiger partial charge in [-0.1, -0.05) is 48.5 Å². The summed E-state index contributed by atoms with van der Waals surface area (Å²) in [6.45, 7) is 11.9. The Morgan fingerprint density at radius 2 is 1.57 bits per heavy atom. The number of nitriles is 1. The van der Waals surface area contributed by atoms with Gasteiger partial charge in [0.1, 0.15) is 5.60 Å². The third kappa shape index (κ3) is 8.98. The van der Waals surface area contributed by atoms with Crippen LogP contribution in [0.3, 0.4) is 0 Å². The predicted octanol–water partition coefficient (Wildman–Crippen LogP) is 7.84. The van der Waals surface area contributed by atoms with Crippen LogP contribution < -0.4 is 0 Å². The second kappa shape index (κ2) is 15.0. The minimum Gasteiger partial charge on any atom is -0.462 e. The van der Waals surface area contributed by atoms with Gasteiger partial charge in [0.25, 0.3) is 0 Å². The van der Waals surface area contributed by atoms with Crippen molar-refractivity contribution in [1.82, 2.24) is 9.80 Å². The number of aryl methyl sites for hydroxylation is 1. The zero-order valence-electron chi connectivity index (χ0n) is 27.7. The van der Waals surface area contributed by atoms with Crippen LogP contribution in [0.4, 0.5) is 4.79 Å². The lowest BCUT2D eigenvalue weighted by atomic mass is 9.95. The largest absolute Gasteiger partial charge is 0.462 e. The molecule has 0 radical (unpaired) electrons. The Morgan fingerprint density at radius 1 is 0.935 bits per heavy atom. The van der Waals surface area contributed by atoms with Gasteiger partial charge in [-0.15, -0.1) is 0 Å². The number of piperidine rings is 1. The molecule has 2 atom stereocenters. The first kappa shape index (κ1) is 33.2. The highest BCUT2D eigenvalue weighted by atomic mass is 16.6. The van der Waals surface area contributed by atoms with E-state index in [4.69, 9.17) is 14.7 Å². The summed E-state index contributed by atoms with van der Waals surface area (Å²) in [5.41, 5.74) is 5.41. The van der Waals surface area contributed by atoms with Gasteiger partial charge >= 0.3 is 12.1 Å². The number of carbonyl (C=O) groups excluding carboxylic acids is 2. The number of nitrogens with zero attached hydrogens (tertiary/aromatic N) is 3. The molecule has 1 heterocycles. The smallest absolute Gasteiger partial charge is 0.410 e. The van der Waals surface area contributed by atoms with E-state index in [1.807, 2.05) is 81.1 Å². The van der Waals surface area contributed by atoms with E-state index in [1.54, 1.807) is 0 Å². The van der Waals surface area contributed by atoms with Gasteiger partial charge in [0.15, 0.2) is 0 Å². The van der Waals surface area contributed by atoms with Crippen molar-refractivity contribution >= 4 is 12.1 Å². The first-order valence-electron chi connectivity index (χ1n) is 16.7. The maximum atomic E-state index is 13.5. The van der Waals surface area contributed by atoms with Gasteiger partial charge in [0.2, 0.25) is 0 Å². The highest BCUT2D eigenvalue weighted by Crippen LogP contribution is 2.46. The van der Waals surface area contributed by atoms with Crippen LogP contribution in [-0.2, 0) is 15.9 Å². The fraction of sp³-hybridized carbons (Fsp3) is 0.462. The molecule has 242 valence electrons. The number of rotatable bonds is 11. The SMILES string of the molecule is CCOC(=O)c1ccc(CCCN2CCC(CN(C(=O)OC(C)(C)C)C3CC3c3ccc(-c4ccc(C#N)cc4)cc3)CC2)cc1. The molecule has 46 heavy (non-hydrogen) atoms. The monoisotopic (exact) mass is 621 g/mol. The summed E-state index contributed by atoms with van der Waals surface area (Å²) in [5, 5.41) is 9.09. The van der Waals surface area contributed by atoms with Crippen LogP contribution in [0.25, 0.3) is 11.1 Å². The Bertz CT molecular complexity index is 1500. The van der Waals surface area contributed by atoms with E-state index in [2.05, 4.69) is 35.2 Å². The Balaban J connectivity index is 1.12. The van der Waals surface area contributed by atoms with E-state index in [0.29, 0.717) is 29.6 Å². The zero-order valence-corrected chi connectivity index (χ0v) is 27.7. The van der Waals surface area contributed by atoms with Gasteiger partial charge in [-0.3, -0.25) is 0 Å². The zero-order chi connectivity index (χ0) is 32.7. The lowest BCUT2D eigenvalue weighted by Crippen LogP contribution is -2.44. The van der Waals surface area contributed by atoms with E-state index in [0.717, 1.165) is 69.4 Å². The van der Waals surface area contributed by atoms with Crippen LogP contribution in [0.2, 0.25) is 0 Å². The third-order valence-electron chi connectivity index (χ3n) is 9.04. The van der Waals surface area contributed by atoms with Gasteiger partial charge in [0, 0.05) is 18.5 Å². The minimum atomic E-state index is -0.537. The molecule has 1 saturated carbocycles. The van der Waals surface area contributed by atoms with Gasteiger partial charge < -0.3 is 19.3 Å². The van der Waals surface area contributed by atoms with Crippen molar-refractivity contribution in [2.45, 2.75) is 77.4 Å². The van der Waals surface area contributed by atoms with Crippen molar-refractivity contribution in [3.05, 3.63) is 95.1 Å². The van der Waals surface area contributed by atoms with E-state index in [1.165, 1.54) is 11.1 Å². The van der Waals surface area contributed by atoms with Crippen molar-refractivity contribution < 1.29 is 19.1 Å². The van der Waals surface area contributed by atoms with Crippen molar-refractivity contribution in [2.75, 3.05) is 32.8 Å². The molecule has 1 saturated heterocycles. The van der Waals surface area contributed by atoms with E-state index in [-0.39, 0.29) is 18.1 Å². The molecule has 1 aliphatic carbocycles. The van der Waals surface area contributed by atoms with E-state index < -0.39 is 5.60 Å². The highest BCUT2D eigenvalue weighted by molar-refractivity contribution is 5.89. The topological polar surface area (TPSA) is 82.9 Å². The van der Waals surface area contributed by atoms with Crippen LogP contribution in [0.1, 0.15) is 86.3 Å². The summed E-state index contributed by atoms with van der Waals surface area (Å²) in [4.78, 5) is 29.9. The molecule has 7 nitrogen and oxygen atoms in total. The summed E-state index contributed by atoms with van der Waals surface area (Å²) >= 11 is 0. The molecular formula is C39H47N3O4. The summed E-state index contributed by atoms with van der Waals surface area (Å²) < 4.78 is 11.0. The van der Waals surface area contributed by atoms with Gasteiger partial charge in [-0.25, -0.2) is 9.59 Å². The second-order valence-corrected chi connectivity index (χ2v) is 13.7. The Kier molecular flexibility index (Phi) is 10.8. The van der Waals surface area contributed by atoms with Crippen molar-refractivity contribution in [3.63, 3.8) is 0 Å². The first-order chi connectivity index (χ1) is 22.1. The molecule has 0 N–H and O–H groups in total. The Hall–Kier alpha value is -4.15. The number of carbonyl (C=O) groups is 2. The molecule has 2 fully saturated rings. The fourth-order valence-electron chi connectivity index (χ4n) is 6.41. The molecule has 3 aromatic rings. The van der Waals surface area contributed by atoms with Crippen LogP contribution in [-0.4, -0.2) is 66.3 Å². The molecule has 0 aromatic heterocycles. The number of ether oxygens (including phenoxy) is 2. The van der Waals surface area contributed by atoms with Gasteiger partial charge in [0.05, 0.1) is 23.8 Å². The normalized spacial score (nSPS) is 18.4. The van der Waals surface area contributed by atoms with Crippen molar-refractivity contribution in [1.29, 1.82) is 5.26 Å². The van der Waals surface area contributed by atoms with Crippen LogP contribution in [0.5, 0.6) is 0 Å². The van der Waals surface area contributed by atoms with Crippen molar-refractivity contribution in [2.24, 2.45) is 5.92 Å². The average Bonchev–Trinajstić information content (AvgIpc) is 3.85.